The minimum atomic E-state index is -3.91. The van der Waals surface area contributed by atoms with Crippen LogP contribution in [0.5, 0.6) is 0 Å². The number of hydrogen-bond donors (Lipinski definition) is 0. The first-order chi connectivity index (χ1) is 16.7. The molecule has 3 aliphatic rings. The van der Waals surface area contributed by atoms with Gasteiger partial charge in [0.1, 0.15) is 4.90 Å². The summed E-state index contributed by atoms with van der Waals surface area (Å²) in [6, 6.07) is 11.5. The van der Waals surface area contributed by atoms with Crippen LogP contribution in [0.4, 0.5) is 11.4 Å². The molecule has 1 fully saturated rings. The number of hydrogen-bond acceptors (Lipinski definition) is 4. The van der Waals surface area contributed by atoms with Crippen molar-refractivity contribution < 1.29 is 18.0 Å². The van der Waals surface area contributed by atoms with Crippen molar-refractivity contribution >= 4 is 49.1 Å². The number of carbonyl (C=O) groups is 2. The highest BCUT2D eigenvalue weighted by atomic mass is 79.9. The molecule has 0 spiro atoms. The number of carbonyl (C=O) groups excluding carboxylic acids is 2. The molecule has 9 heteroatoms. The second-order valence-corrected chi connectivity index (χ2v) is 12.5. The molecule has 3 aliphatic heterocycles. The third-order valence-corrected chi connectivity index (χ3v) is 9.73. The standard InChI is InChI=1S/C26H30BrN3O4S/c1-3-24(31)29-12-10-19-14-21(27)15-23(25(19)29)35(33,34)28-11-6-8-20(16-28)26(32)30-17(2)13-18-7-4-5-9-22(18)30/h4-5,7,9,14-15,17,20H,3,6,8,10-13,16H2,1-2H3/t17-,20+/m1/s1. The molecule has 0 aromatic heterocycles. The van der Waals surface area contributed by atoms with E-state index in [1.165, 1.54) is 4.31 Å². The lowest BCUT2D eigenvalue weighted by atomic mass is 9.97. The number of rotatable bonds is 4. The van der Waals surface area contributed by atoms with Crippen LogP contribution in [-0.2, 0) is 32.5 Å². The molecule has 2 amide bonds. The maximum absolute atomic E-state index is 14.0. The second kappa shape index (κ2) is 9.33. The maximum Gasteiger partial charge on any atom is 0.245 e. The Balaban J connectivity index is 1.45. The highest BCUT2D eigenvalue weighted by Gasteiger charge is 2.41. The molecule has 0 radical (unpaired) electrons. The van der Waals surface area contributed by atoms with E-state index in [2.05, 4.69) is 15.9 Å². The van der Waals surface area contributed by atoms with Gasteiger partial charge in [-0.15, -0.1) is 0 Å². The molecule has 2 aromatic carbocycles. The summed E-state index contributed by atoms with van der Waals surface area (Å²) in [7, 11) is -3.91. The summed E-state index contributed by atoms with van der Waals surface area (Å²) in [4.78, 5) is 29.8. The van der Waals surface area contributed by atoms with Gasteiger partial charge in [-0.3, -0.25) is 9.59 Å². The van der Waals surface area contributed by atoms with Gasteiger partial charge in [0.25, 0.3) is 0 Å². The van der Waals surface area contributed by atoms with E-state index in [1.807, 2.05) is 42.2 Å². The summed E-state index contributed by atoms with van der Waals surface area (Å²) in [5, 5.41) is 0. The Hall–Kier alpha value is -2.23. The predicted octanol–water partition coefficient (Wildman–Crippen LogP) is 4.13. The number of fused-ring (bicyclic) bond motifs is 2. The Morgan fingerprint density at radius 1 is 1.11 bits per heavy atom. The van der Waals surface area contributed by atoms with Crippen LogP contribution in [-0.4, -0.2) is 50.2 Å². The maximum atomic E-state index is 14.0. The minimum absolute atomic E-state index is 0.00962. The SMILES string of the molecule is CCC(=O)N1CCc2cc(Br)cc(S(=O)(=O)N3CCC[C@H](C(=O)N4c5ccccc5C[C@H]4C)C3)c21. The largest absolute Gasteiger partial charge is 0.310 e. The van der Waals surface area contributed by atoms with Gasteiger partial charge in [-0.05, 0) is 61.9 Å². The molecule has 0 N–H and O–H groups in total. The first-order valence-corrected chi connectivity index (χ1v) is 14.5. The van der Waals surface area contributed by atoms with Gasteiger partial charge in [-0.1, -0.05) is 41.1 Å². The average molecular weight is 561 g/mol. The van der Waals surface area contributed by atoms with Crippen LogP contribution in [0, 0.1) is 5.92 Å². The Kier molecular flexibility index (Phi) is 6.52. The summed E-state index contributed by atoms with van der Waals surface area (Å²) in [5.41, 5.74) is 3.44. The highest BCUT2D eigenvalue weighted by Crippen LogP contribution is 2.40. The number of anilines is 2. The van der Waals surface area contributed by atoms with Crippen LogP contribution in [0.1, 0.15) is 44.2 Å². The van der Waals surface area contributed by atoms with Crippen molar-refractivity contribution in [2.24, 2.45) is 5.92 Å². The fourth-order valence-electron chi connectivity index (χ4n) is 5.71. The number of amides is 2. The number of sulfonamides is 1. The number of benzene rings is 2. The molecule has 2 aromatic rings. The van der Waals surface area contributed by atoms with Crippen LogP contribution < -0.4 is 9.80 Å². The molecule has 7 nitrogen and oxygen atoms in total. The summed E-state index contributed by atoms with van der Waals surface area (Å²) in [5.74, 6) is -0.499. The average Bonchev–Trinajstić information content (AvgIpc) is 3.42. The van der Waals surface area contributed by atoms with E-state index in [9.17, 15) is 18.0 Å². The van der Waals surface area contributed by atoms with Crippen molar-refractivity contribution in [3.63, 3.8) is 0 Å². The fourth-order valence-corrected chi connectivity index (χ4v) is 8.15. The zero-order valence-electron chi connectivity index (χ0n) is 20.0. The van der Waals surface area contributed by atoms with Crippen molar-refractivity contribution in [3.05, 3.63) is 52.0 Å². The lowest BCUT2D eigenvalue weighted by Gasteiger charge is -2.35. The zero-order valence-corrected chi connectivity index (χ0v) is 22.4. The topological polar surface area (TPSA) is 78.0 Å². The van der Waals surface area contributed by atoms with Gasteiger partial charge in [0.15, 0.2) is 0 Å². The van der Waals surface area contributed by atoms with Gasteiger partial charge >= 0.3 is 0 Å². The van der Waals surface area contributed by atoms with E-state index in [0.717, 1.165) is 23.2 Å². The van der Waals surface area contributed by atoms with Gasteiger partial charge in [-0.2, -0.15) is 4.31 Å². The Bertz CT molecular complexity index is 1300. The molecule has 35 heavy (non-hydrogen) atoms. The van der Waals surface area contributed by atoms with E-state index in [0.29, 0.717) is 48.9 Å². The molecule has 0 saturated carbocycles. The van der Waals surface area contributed by atoms with Gasteiger partial charge in [-0.25, -0.2) is 8.42 Å². The molecule has 0 unspecified atom stereocenters. The molecule has 0 bridgehead atoms. The second-order valence-electron chi connectivity index (χ2n) is 9.65. The van der Waals surface area contributed by atoms with Crippen LogP contribution in [0.25, 0.3) is 0 Å². The molecular weight excluding hydrogens is 530 g/mol. The van der Waals surface area contributed by atoms with Crippen molar-refractivity contribution in [2.45, 2.75) is 56.9 Å². The molecular formula is C26H30BrN3O4S. The third-order valence-electron chi connectivity index (χ3n) is 7.39. The minimum Gasteiger partial charge on any atom is -0.310 e. The Morgan fingerprint density at radius 2 is 1.89 bits per heavy atom. The number of nitrogens with zero attached hydrogens (tertiary/aromatic N) is 3. The van der Waals surface area contributed by atoms with Crippen molar-refractivity contribution in [1.29, 1.82) is 0 Å². The van der Waals surface area contributed by atoms with E-state index >= 15 is 0 Å². The van der Waals surface area contributed by atoms with E-state index in [1.54, 1.807) is 17.9 Å². The molecule has 0 aliphatic carbocycles. The third kappa shape index (κ3) is 4.21. The summed E-state index contributed by atoms with van der Waals surface area (Å²) >= 11 is 3.46. The van der Waals surface area contributed by atoms with Crippen molar-refractivity contribution in [2.75, 3.05) is 29.4 Å². The fraction of sp³-hybridized carbons (Fsp3) is 0.462. The lowest BCUT2D eigenvalue weighted by molar-refractivity contribution is -0.123. The quantitative estimate of drug-likeness (QED) is 0.564. The first kappa shape index (κ1) is 24.5. The van der Waals surface area contributed by atoms with Gasteiger partial charge in [0.05, 0.1) is 11.6 Å². The summed E-state index contributed by atoms with van der Waals surface area (Å²) in [6.07, 6.45) is 3.02. The van der Waals surface area contributed by atoms with Crippen molar-refractivity contribution in [1.82, 2.24) is 4.31 Å². The Morgan fingerprint density at radius 3 is 2.66 bits per heavy atom. The number of para-hydroxylation sites is 1. The van der Waals surface area contributed by atoms with Gasteiger partial charge in [0, 0.05) is 42.3 Å². The molecule has 2 atom stereocenters. The smallest absolute Gasteiger partial charge is 0.245 e. The van der Waals surface area contributed by atoms with E-state index in [-0.39, 0.29) is 29.3 Å². The van der Waals surface area contributed by atoms with Crippen LogP contribution >= 0.6 is 15.9 Å². The van der Waals surface area contributed by atoms with Crippen LogP contribution in [0.15, 0.2) is 45.8 Å². The highest BCUT2D eigenvalue weighted by molar-refractivity contribution is 9.10. The van der Waals surface area contributed by atoms with Crippen molar-refractivity contribution in [3.8, 4) is 0 Å². The summed E-state index contributed by atoms with van der Waals surface area (Å²) in [6.45, 7) is 4.82. The number of piperidine rings is 1. The van der Waals surface area contributed by atoms with Gasteiger partial charge < -0.3 is 9.80 Å². The molecule has 3 heterocycles. The number of halogens is 1. The van der Waals surface area contributed by atoms with Gasteiger partial charge in [0.2, 0.25) is 21.8 Å². The summed E-state index contributed by atoms with van der Waals surface area (Å²) < 4.78 is 30.0. The zero-order chi connectivity index (χ0) is 24.9. The molecule has 186 valence electrons. The van der Waals surface area contributed by atoms with E-state index in [4.69, 9.17) is 0 Å². The van der Waals surface area contributed by atoms with Crippen LogP contribution in [0.2, 0.25) is 0 Å². The first-order valence-electron chi connectivity index (χ1n) is 12.3. The molecule has 5 rings (SSSR count). The van der Waals surface area contributed by atoms with E-state index < -0.39 is 15.9 Å². The normalized spacial score (nSPS) is 22.3. The van der Waals surface area contributed by atoms with Crippen LogP contribution in [0.3, 0.4) is 0 Å². The molecule has 1 saturated heterocycles. The Labute approximate surface area is 215 Å². The predicted molar refractivity (Wildman–Crippen MR) is 139 cm³/mol. The lowest BCUT2D eigenvalue weighted by Crippen LogP contribution is -2.48. The monoisotopic (exact) mass is 559 g/mol.